The summed E-state index contributed by atoms with van der Waals surface area (Å²) in [4.78, 5) is 20.5. The summed E-state index contributed by atoms with van der Waals surface area (Å²) >= 11 is 0. The standard InChI is InChI=1S/C20H20N8O/c1-3-4-18(29)24-16-7-5-14(6-8-16)12-28-19-15(10-23-28)9-21-20(26-19)25-17-11-22-27(2)13-17/h3-11,13H,12H2,1-2H3,(H,24,29)(H,21,25,26)/b4-3+. The van der Waals surface area contributed by atoms with Crippen molar-refractivity contribution in [3.63, 3.8) is 0 Å². The van der Waals surface area contributed by atoms with Gasteiger partial charge < -0.3 is 10.6 Å². The highest BCUT2D eigenvalue weighted by molar-refractivity contribution is 5.99. The number of aryl methyl sites for hydroxylation is 1. The summed E-state index contributed by atoms with van der Waals surface area (Å²) in [6.45, 7) is 2.36. The Morgan fingerprint density at radius 1 is 1.10 bits per heavy atom. The molecule has 0 saturated carbocycles. The van der Waals surface area contributed by atoms with Gasteiger partial charge in [0, 0.05) is 25.1 Å². The largest absolute Gasteiger partial charge is 0.323 e. The van der Waals surface area contributed by atoms with E-state index in [1.165, 1.54) is 6.08 Å². The lowest BCUT2D eigenvalue weighted by molar-refractivity contribution is -0.111. The van der Waals surface area contributed by atoms with Crippen LogP contribution in [0.15, 0.2) is 61.2 Å². The van der Waals surface area contributed by atoms with Gasteiger partial charge in [-0.2, -0.15) is 15.2 Å². The van der Waals surface area contributed by atoms with Crippen molar-refractivity contribution in [3.8, 4) is 0 Å². The van der Waals surface area contributed by atoms with Gasteiger partial charge in [0.2, 0.25) is 11.9 Å². The lowest BCUT2D eigenvalue weighted by atomic mass is 10.2. The van der Waals surface area contributed by atoms with Crippen molar-refractivity contribution in [2.45, 2.75) is 13.5 Å². The molecule has 29 heavy (non-hydrogen) atoms. The first-order valence-electron chi connectivity index (χ1n) is 9.07. The van der Waals surface area contributed by atoms with Gasteiger partial charge in [0.1, 0.15) is 0 Å². The predicted octanol–water partition coefficient (Wildman–Crippen LogP) is 2.87. The van der Waals surface area contributed by atoms with E-state index in [2.05, 4.69) is 30.8 Å². The molecule has 0 bridgehead atoms. The summed E-state index contributed by atoms with van der Waals surface area (Å²) in [5.74, 6) is 0.331. The van der Waals surface area contributed by atoms with Crippen LogP contribution in [0.4, 0.5) is 17.3 Å². The molecular formula is C20H20N8O. The molecule has 0 aliphatic rings. The minimum atomic E-state index is -0.149. The molecule has 0 spiro atoms. The van der Waals surface area contributed by atoms with E-state index >= 15 is 0 Å². The number of fused-ring (bicyclic) bond motifs is 1. The number of amides is 1. The highest BCUT2D eigenvalue weighted by Gasteiger charge is 2.09. The van der Waals surface area contributed by atoms with Crippen molar-refractivity contribution < 1.29 is 4.79 Å². The quantitative estimate of drug-likeness (QED) is 0.493. The number of anilines is 3. The maximum atomic E-state index is 11.6. The van der Waals surface area contributed by atoms with Crippen LogP contribution in [0.25, 0.3) is 11.0 Å². The van der Waals surface area contributed by atoms with Crippen LogP contribution < -0.4 is 10.6 Å². The number of rotatable bonds is 6. The number of nitrogens with one attached hydrogen (secondary N) is 2. The van der Waals surface area contributed by atoms with Gasteiger partial charge in [0.25, 0.3) is 0 Å². The zero-order valence-electron chi connectivity index (χ0n) is 16.1. The van der Waals surface area contributed by atoms with Gasteiger partial charge in [-0.25, -0.2) is 9.67 Å². The van der Waals surface area contributed by atoms with Crippen LogP contribution >= 0.6 is 0 Å². The molecule has 2 N–H and O–H groups in total. The molecule has 1 amide bonds. The van der Waals surface area contributed by atoms with E-state index in [9.17, 15) is 4.79 Å². The van der Waals surface area contributed by atoms with Crippen molar-refractivity contribution in [1.82, 2.24) is 29.5 Å². The third kappa shape index (κ3) is 4.29. The maximum Gasteiger partial charge on any atom is 0.248 e. The van der Waals surface area contributed by atoms with Crippen LogP contribution in [0, 0.1) is 0 Å². The molecule has 9 nitrogen and oxygen atoms in total. The molecule has 0 radical (unpaired) electrons. The van der Waals surface area contributed by atoms with Gasteiger partial charge in [0.15, 0.2) is 5.65 Å². The molecule has 0 fully saturated rings. The summed E-state index contributed by atoms with van der Waals surface area (Å²) in [5, 5.41) is 15.4. The van der Waals surface area contributed by atoms with Crippen LogP contribution in [0.1, 0.15) is 12.5 Å². The monoisotopic (exact) mass is 388 g/mol. The van der Waals surface area contributed by atoms with Crippen LogP contribution in [-0.2, 0) is 18.4 Å². The van der Waals surface area contributed by atoms with Crippen molar-refractivity contribution in [2.24, 2.45) is 7.05 Å². The van der Waals surface area contributed by atoms with E-state index in [-0.39, 0.29) is 5.91 Å². The van der Waals surface area contributed by atoms with Gasteiger partial charge >= 0.3 is 0 Å². The van der Waals surface area contributed by atoms with Gasteiger partial charge in [-0.05, 0) is 30.7 Å². The summed E-state index contributed by atoms with van der Waals surface area (Å²) in [7, 11) is 1.85. The van der Waals surface area contributed by atoms with Crippen molar-refractivity contribution in [3.05, 3.63) is 66.8 Å². The molecule has 3 aromatic heterocycles. The number of nitrogens with zero attached hydrogens (tertiary/aromatic N) is 6. The first kappa shape index (κ1) is 18.4. The number of allylic oxidation sites excluding steroid dienone is 1. The summed E-state index contributed by atoms with van der Waals surface area (Å²) in [6.07, 6.45) is 10.2. The van der Waals surface area contributed by atoms with Crippen molar-refractivity contribution >= 4 is 34.3 Å². The number of carbonyl (C=O) groups excluding carboxylic acids is 1. The average Bonchev–Trinajstić information content (AvgIpc) is 3.29. The molecule has 0 aliphatic carbocycles. The minimum absolute atomic E-state index is 0.149. The second-order valence-electron chi connectivity index (χ2n) is 6.49. The van der Waals surface area contributed by atoms with E-state index in [1.54, 1.807) is 36.3 Å². The Morgan fingerprint density at radius 2 is 1.93 bits per heavy atom. The number of benzene rings is 1. The third-order valence-electron chi connectivity index (χ3n) is 4.21. The number of aromatic nitrogens is 6. The summed E-state index contributed by atoms with van der Waals surface area (Å²) < 4.78 is 3.52. The SMILES string of the molecule is C/C=C/C(=O)Nc1ccc(Cn2ncc3cnc(Nc4cnn(C)c4)nc32)cc1. The Morgan fingerprint density at radius 3 is 2.66 bits per heavy atom. The fraction of sp³-hybridized carbons (Fsp3) is 0.150. The van der Waals surface area contributed by atoms with E-state index in [1.807, 2.05) is 42.2 Å². The van der Waals surface area contributed by atoms with Gasteiger partial charge in [-0.1, -0.05) is 18.2 Å². The van der Waals surface area contributed by atoms with Crippen LogP contribution in [0.3, 0.4) is 0 Å². The number of carbonyl (C=O) groups is 1. The smallest absolute Gasteiger partial charge is 0.248 e. The van der Waals surface area contributed by atoms with E-state index in [0.717, 1.165) is 28.0 Å². The fourth-order valence-electron chi connectivity index (χ4n) is 2.86. The number of hydrogen-bond donors (Lipinski definition) is 2. The Labute approximate surface area is 167 Å². The van der Waals surface area contributed by atoms with E-state index in [0.29, 0.717) is 12.5 Å². The summed E-state index contributed by atoms with van der Waals surface area (Å²) in [5.41, 5.74) is 3.33. The van der Waals surface area contributed by atoms with Crippen molar-refractivity contribution in [2.75, 3.05) is 10.6 Å². The Bertz CT molecular complexity index is 1170. The average molecular weight is 388 g/mol. The normalized spacial score (nSPS) is 11.2. The molecule has 4 aromatic rings. The highest BCUT2D eigenvalue weighted by Crippen LogP contribution is 2.17. The Hall–Kier alpha value is -4.01. The zero-order chi connectivity index (χ0) is 20.2. The molecule has 0 aliphatic heterocycles. The van der Waals surface area contributed by atoms with E-state index < -0.39 is 0 Å². The second-order valence-corrected chi connectivity index (χ2v) is 6.49. The fourth-order valence-corrected chi connectivity index (χ4v) is 2.86. The Kier molecular flexibility index (Phi) is 5.02. The molecule has 3 heterocycles. The topological polar surface area (TPSA) is 103 Å². The first-order chi connectivity index (χ1) is 14.1. The van der Waals surface area contributed by atoms with Crippen molar-refractivity contribution in [1.29, 1.82) is 0 Å². The molecule has 0 unspecified atom stereocenters. The Balaban J connectivity index is 1.51. The van der Waals surface area contributed by atoms with Gasteiger partial charge in [-0.3, -0.25) is 9.48 Å². The van der Waals surface area contributed by atoms with Crippen LogP contribution in [0.2, 0.25) is 0 Å². The lowest BCUT2D eigenvalue weighted by Crippen LogP contribution is -2.08. The molecule has 0 saturated heterocycles. The maximum absolute atomic E-state index is 11.6. The van der Waals surface area contributed by atoms with E-state index in [4.69, 9.17) is 0 Å². The zero-order valence-corrected chi connectivity index (χ0v) is 16.1. The predicted molar refractivity (Wildman–Crippen MR) is 111 cm³/mol. The second kappa shape index (κ2) is 7.93. The minimum Gasteiger partial charge on any atom is -0.323 e. The molecule has 146 valence electrons. The molecule has 1 aromatic carbocycles. The highest BCUT2D eigenvalue weighted by atomic mass is 16.1. The first-order valence-corrected chi connectivity index (χ1v) is 9.07. The van der Waals surface area contributed by atoms with Gasteiger partial charge in [-0.15, -0.1) is 0 Å². The molecular weight excluding hydrogens is 368 g/mol. The van der Waals surface area contributed by atoms with Crippen LogP contribution in [-0.4, -0.2) is 35.4 Å². The molecule has 0 atom stereocenters. The number of hydrogen-bond acceptors (Lipinski definition) is 6. The van der Waals surface area contributed by atoms with Crippen LogP contribution in [0.5, 0.6) is 0 Å². The molecule has 4 rings (SSSR count). The molecule has 9 heteroatoms. The lowest BCUT2D eigenvalue weighted by Gasteiger charge is -2.07. The van der Waals surface area contributed by atoms with Gasteiger partial charge in [0.05, 0.1) is 30.0 Å². The third-order valence-corrected chi connectivity index (χ3v) is 4.21. The summed E-state index contributed by atoms with van der Waals surface area (Å²) in [6, 6.07) is 7.64.